The number of piperidine rings is 1. The molecule has 2 rings (SSSR count). The predicted molar refractivity (Wildman–Crippen MR) is 58.5 cm³/mol. The first-order valence-electron chi connectivity index (χ1n) is 5.60. The summed E-state index contributed by atoms with van der Waals surface area (Å²) in [5.41, 5.74) is 0.597. The largest absolute Gasteiger partial charge is 0.240 e. The minimum absolute atomic E-state index is 0.472. The summed E-state index contributed by atoms with van der Waals surface area (Å²) in [4.78, 5) is 0. The average molecular weight is 216 g/mol. The summed E-state index contributed by atoms with van der Waals surface area (Å²) in [7, 11) is -2.42. The lowest BCUT2D eigenvalue weighted by Crippen LogP contribution is -2.45. The highest BCUT2D eigenvalue weighted by atomic mass is 32.2. The van der Waals surface area contributed by atoms with E-state index >= 15 is 0 Å². The summed E-state index contributed by atoms with van der Waals surface area (Å²) in [5.74, 6) is 0.472. The Morgan fingerprint density at radius 2 is 1.86 bits per heavy atom. The molecule has 0 aromatic rings. The third-order valence-corrected chi connectivity index (χ3v) is 5.99. The van der Waals surface area contributed by atoms with Gasteiger partial charge in [0.1, 0.15) is 9.92 Å². The highest BCUT2D eigenvalue weighted by Gasteiger charge is 2.40. The molecule has 1 saturated heterocycles. The van der Waals surface area contributed by atoms with Crippen molar-refractivity contribution in [2.45, 2.75) is 39.0 Å². The summed E-state index contributed by atoms with van der Waals surface area (Å²) >= 11 is 0. The molecule has 1 unspecified atom stereocenters. The summed E-state index contributed by atoms with van der Waals surface area (Å²) in [6, 6.07) is 0. The van der Waals surface area contributed by atoms with Crippen molar-refractivity contribution in [1.82, 2.24) is 4.31 Å². The Balaban J connectivity index is 1.96. The van der Waals surface area contributed by atoms with Crippen molar-refractivity contribution in [3.05, 3.63) is 0 Å². The van der Waals surface area contributed by atoms with Crippen molar-refractivity contribution in [2.24, 2.45) is 5.41 Å². The third kappa shape index (κ3) is 1.70. The third-order valence-electron chi connectivity index (χ3n) is 4.01. The van der Waals surface area contributed by atoms with Crippen molar-refractivity contribution in [3.63, 3.8) is 0 Å². The van der Waals surface area contributed by atoms with Crippen molar-refractivity contribution < 1.29 is 4.21 Å². The Labute approximate surface area is 87.0 Å². The minimum Gasteiger partial charge on any atom is -0.240 e. The van der Waals surface area contributed by atoms with Gasteiger partial charge in [-0.05, 0) is 31.1 Å². The van der Waals surface area contributed by atoms with E-state index in [0.717, 1.165) is 13.1 Å². The number of hydrogen-bond donors (Lipinski definition) is 1. The molecule has 0 amide bonds. The van der Waals surface area contributed by atoms with Crippen LogP contribution in [0.4, 0.5) is 0 Å². The van der Waals surface area contributed by atoms with E-state index < -0.39 is 9.92 Å². The molecule has 2 aliphatic rings. The smallest absolute Gasteiger partial charge is 0.107 e. The van der Waals surface area contributed by atoms with Crippen LogP contribution in [0.1, 0.15) is 39.0 Å². The Bertz CT molecular complexity index is 296. The normalized spacial score (nSPS) is 30.9. The van der Waals surface area contributed by atoms with E-state index in [1.807, 2.05) is 11.2 Å². The van der Waals surface area contributed by atoms with Crippen LogP contribution in [0.3, 0.4) is 0 Å². The quantitative estimate of drug-likeness (QED) is 0.756. The van der Waals surface area contributed by atoms with E-state index in [-0.39, 0.29) is 0 Å². The first-order chi connectivity index (χ1) is 6.58. The van der Waals surface area contributed by atoms with Gasteiger partial charge in [0, 0.05) is 18.8 Å². The lowest BCUT2D eigenvalue weighted by Gasteiger charge is -2.48. The molecule has 1 atom stereocenters. The van der Waals surface area contributed by atoms with Crippen molar-refractivity contribution in [2.75, 3.05) is 18.8 Å². The highest BCUT2D eigenvalue weighted by molar-refractivity contribution is 7.90. The molecular weight excluding hydrogens is 196 g/mol. The molecule has 1 spiro atoms. The lowest BCUT2D eigenvalue weighted by molar-refractivity contribution is 0.0618. The average Bonchev–Trinajstić information content (AvgIpc) is 2.16. The minimum atomic E-state index is -2.42. The number of nitrogens with one attached hydrogen (secondary N) is 1. The van der Waals surface area contributed by atoms with Gasteiger partial charge in [-0.2, -0.15) is 0 Å². The van der Waals surface area contributed by atoms with Gasteiger partial charge in [-0.3, -0.25) is 0 Å². The van der Waals surface area contributed by atoms with Gasteiger partial charge >= 0.3 is 0 Å². The maximum absolute atomic E-state index is 11.8. The van der Waals surface area contributed by atoms with Gasteiger partial charge in [-0.15, -0.1) is 0 Å². The molecule has 1 saturated carbocycles. The van der Waals surface area contributed by atoms with Crippen molar-refractivity contribution >= 4 is 9.92 Å². The summed E-state index contributed by atoms with van der Waals surface area (Å²) in [5, 5.41) is 0. The molecule has 1 aliphatic heterocycles. The Morgan fingerprint density at radius 1 is 1.29 bits per heavy atom. The van der Waals surface area contributed by atoms with Crippen LogP contribution in [0, 0.1) is 10.2 Å². The van der Waals surface area contributed by atoms with E-state index in [4.69, 9.17) is 4.78 Å². The molecule has 0 aromatic heterocycles. The van der Waals surface area contributed by atoms with Gasteiger partial charge in [0.05, 0.1) is 0 Å². The molecule has 1 N–H and O–H groups in total. The second-order valence-corrected chi connectivity index (χ2v) is 7.09. The zero-order valence-electron chi connectivity index (χ0n) is 8.92. The fourth-order valence-electron chi connectivity index (χ4n) is 2.61. The second-order valence-electron chi connectivity index (χ2n) is 4.71. The molecule has 3 nitrogen and oxygen atoms in total. The molecule has 0 radical (unpaired) electrons. The Morgan fingerprint density at radius 3 is 2.21 bits per heavy atom. The van der Waals surface area contributed by atoms with Crippen LogP contribution in [0.2, 0.25) is 0 Å². The molecule has 4 heteroatoms. The summed E-state index contributed by atoms with van der Waals surface area (Å²) in [6.07, 6.45) is 6.45. The topological polar surface area (TPSA) is 44.2 Å². The number of hydrogen-bond acceptors (Lipinski definition) is 2. The molecule has 82 valence electrons. The Hall–Kier alpha value is -0.0900. The first-order valence-corrected chi connectivity index (χ1v) is 7.28. The molecule has 0 bridgehead atoms. The SMILES string of the molecule is CCS(=N)(=O)N1CCC2(CCC2)CC1. The number of nitrogens with zero attached hydrogens (tertiary/aromatic N) is 1. The van der Waals surface area contributed by atoms with Gasteiger partial charge in [0.2, 0.25) is 0 Å². The monoisotopic (exact) mass is 216 g/mol. The molecule has 14 heavy (non-hydrogen) atoms. The van der Waals surface area contributed by atoms with Gasteiger partial charge < -0.3 is 0 Å². The molecule has 2 fully saturated rings. The highest BCUT2D eigenvalue weighted by Crippen LogP contribution is 2.49. The zero-order chi connectivity index (χ0) is 10.2. The van der Waals surface area contributed by atoms with Crippen LogP contribution in [-0.2, 0) is 9.92 Å². The van der Waals surface area contributed by atoms with Gasteiger partial charge in [-0.1, -0.05) is 13.3 Å². The van der Waals surface area contributed by atoms with Crippen LogP contribution in [-0.4, -0.2) is 27.4 Å². The first kappa shape index (κ1) is 10.4. The number of rotatable bonds is 2. The van der Waals surface area contributed by atoms with Gasteiger partial charge in [-0.25, -0.2) is 13.3 Å². The zero-order valence-corrected chi connectivity index (χ0v) is 9.74. The van der Waals surface area contributed by atoms with Gasteiger partial charge in [0.15, 0.2) is 0 Å². The fourth-order valence-corrected chi connectivity index (χ4v) is 3.75. The summed E-state index contributed by atoms with van der Waals surface area (Å²) in [6.45, 7) is 3.62. The Kier molecular flexibility index (Phi) is 2.60. The van der Waals surface area contributed by atoms with Crippen LogP contribution < -0.4 is 0 Å². The molecule has 1 heterocycles. The molecule has 0 aromatic carbocycles. The summed E-state index contributed by atoms with van der Waals surface area (Å²) < 4.78 is 21.4. The maximum Gasteiger partial charge on any atom is 0.107 e. The predicted octanol–water partition coefficient (Wildman–Crippen LogP) is 2.23. The van der Waals surface area contributed by atoms with E-state index in [1.54, 1.807) is 0 Å². The van der Waals surface area contributed by atoms with Crippen LogP contribution in [0.15, 0.2) is 0 Å². The van der Waals surface area contributed by atoms with Crippen molar-refractivity contribution in [1.29, 1.82) is 4.78 Å². The van der Waals surface area contributed by atoms with E-state index in [1.165, 1.54) is 32.1 Å². The van der Waals surface area contributed by atoms with Crippen molar-refractivity contribution in [3.8, 4) is 0 Å². The van der Waals surface area contributed by atoms with Crippen LogP contribution in [0.25, 0.3) is 0 Å². The van der Waals surface area contributed by atoms with E-state index in [9.17, 15) is 4.21 Å². The van der Waals surface area contributed by atoms with Gasteiger partial charge in [0.25, 0.3) is 0 Å². The van der Waals surface area contributed by atoms with Crippen LogP contribution >= 0.6 is 0 Å². The molecule has 1 aliphatic carbocycles. The molecular formula is C10H20N2OS. The standard InChI is InChI=1S/C10H20N2OS/c1-2-14(11,13)12-8-6-10(7-9-12)4-3-5-10/h11H,2-9H2,1H3. The fraction of sp³-hybridized carbons (Fsp3) is 1.00. The van der Waals surface area contributed by atoms with Crippen LogP contribution in [0.5, 0.6) is 0 Å². The lowest BCUT2D eigenvalue weighted by atomic mass is 9.63. The second kappa shape index (κ2) is 3.49. The maximum atomic E-state index is 11.8. The van der Waals surface area contributed by atoms with E-state index in [0.29, 0.717) is 11.2 Å². The van der Waals surface area contributed by atoms with E-state index in [2.05, 4.69) is 0 Å².